The Bertz CT molecular complexity index is 3250. The van der Waals surface area contributed by atoms with Crippen LogP contribution in [-0.2, 0) is 40.5 Å². The van der Waals surface area contributed by atoms with Crippen LogP contribution in [0.2, 0.25) is 0 Å². The van der Waals surface area contributed by atoms with Gasteiger partial charge in [0.1, 0.15) is 46.2 Å². The van der Waals surface area contributed by atoms with Crippen LogP contribution < -0.4 is 118 Å². The van der Waals surface area contributed by atoms with Gasteiger partial charge in [0.05, 0.1) is 48.0 Å². The number of rotatable bonds is 10. The van der Waals surface area contributed by atoms with E-state index in [1.807, 2.05) is 0 Å². The monoisotopic (exact) mass is 942 g/mol. The zero-order chi connectivity index (χ0) is 41.7. The van der Waals surface area contributed by atoms with Crippen LogP contribution in [0, 0.1) is 13.8 Å². The standard InChI is InChI=1S/C34H26N6O13S4.4Na/c1-18-11-22(5-9-30(18)39-36-24-4-3-20-13-26(55(45,46)47)17-31(28(20)16-24)56(48,49)50)35-38-29-10-6-23(12-19(29)2)37-40-33-27-8-7-25(54(42,43)44)14-21(27)15-32(34(33)41)57(51,52)53;;;;/h3-17,41H,1-2H3,(H,42,43,44)(H,45,46,47)(H,48,49,50)(H,51,52,53);;;;/q;4*+1/p-4. The molecule has 0 spiro atoms. The molecule has 19 nitrogen and oxygen atoms in total. The van der Waals surface area contributed by atoms with Crippen molar-refractivity contribution in [1.82, 2.24) is 0 Å². The van der Waals surface area contributed by atoms with E-state index in [4.69, 9.17) is 0 Å². The Morgan fingerprint density at radius 3 is 1.36 bits per heavy atom. The van der Waals surface area contributed by atoms with E-state index in [1.165, 1.54) is 36.4 Å². The Kier molecular flexibility index (Phi) is 19.4. The van der Waals surface area contributed by atoms with Gasteiger partial charge in [-0.1, -0.05) is 12.1 Å². The number of phenolic OH excluding ortho intramolecular Hbond substituents is 1. The smallest absolute Gasteiger partial charge is 0.744 e. The van der Waals surface area contributed by atoms with Gasteiger partial charge >= 0.3 is 118 Å². The molecule has 1 N–H and O–H groups in total. The molecule has 0 atom stereocenters. The first-order valence-electron chi connectivity index (χ1n) is 15.7. The molecule has 6 aromatic carbocycles. The van der Waals surface area contributed by atoms with Crippen molar-refractivity contribution in [3.05, 3.63) is 102 Å². The number of benzene rings is 6. The number of azo groups is 3. The summed E-state index contributed by atoms with van der Waals surface area (Å²) in [5.74, 6) is -1.03. The third-order valence-corrected chi connectivity index (χ3v) is 11.6. The van der Waals surface area contributed by atoms with E-state index in [2.05, 4.69) is 30.7 Å². The van der Waals surface area contributed by atoms with Gasteiger partial charge in [-0.15, -0.1) is 5.11 Å². The molecule has 27 heteroatoms. The molecule has 61 heavy (non-hydrogen) atoms. The average molecular weight is 943 g/mol. The maximum absolute atomic E-state index is 11.9. The number of hydrogen-bond acceptors (Lipinski definition) is 19. The van der Waals surface area contributed by atoms with Crippen molar-refractivity contribution >= 4 is 96.1 Å². The van der Waals surface area contributed by atoms with Gasteiger partial charge in [-0.2, -0.15) is 25.6 Å². The number of aromatic hydroxyl groups is 1. The van der Waals surface area contributed by atoms with Gasteiger partial charge in [0, 0.05) is 10.8 Å². The summed E-state index contributed by atoms with van der Waals surface area (Å²) in [6, 6.07) is 18.3. The van der Waals surface area contributed by atoms with Crippen LogP contribution in [0.25, 0.3) is 21.5 Å². The fraction of sp³-hybridized carbons (Fsp3) is 0.0588. The van der Waals surface area contributed by atoms with E-state index in [-0.39, 0.29) is 151 Å². The van der Waals surface area contributed by atoms with Gasteiger partial charge in [-0.25, -0.2) is 33.7 Å². The molecular formula is C34H22N6Na4O13S4. The Balaban J connectivity index is 0.00000320. The first-order chi connectivity index (χ1) is 26.5. The van der Waals surface area contributed by atoms with Crippen molar-refractivity contribution in [2.24, 2.45) is 30.7 Å². The summed E-state index contributed by atoms with van der Waals surface area (Å²) in [5, 5.41) is 35.0. The third kappa shape index (κ3) is 13.3. The molecule has 6 rings (SSSR count). The van der Waals surface area contributed by atoms with Crippen molar-refractivity contribution < 1.29 is 175 Å². The van der Waals surface area contributed by atoms with Crippen LogP contribution >= 0.6 is 0 Å². The average Bonchev–Trinajstić information content (AvgIpc) is 3.11. The summed E-state index contributed by atoms with van der Waals surface area (Å²) >= 11 is 0. The zero-order valence-corrected chi connectivity index (χ0v) is 44.1. The number of aryl methyl sites for hydroxylation is 2. The number of fused-ring (bicyclic) bond motifs is 2. The Morgan fingerprint density at radius 1 is 0.426 bits per heavy atom. The van der Waals surface area contributed by atoms with Crippen molar-refractivity contribution in [1.29, 1.82) is 0 Å². The molecule has 0 amide bonds. The molecule has 0 radical (unpaired) electrons. The summed E-state index contributed by atoms with van der Waals surface area (Å²) < 4.78 is 140. The number of hydrogen-bond donors (Lipinski definition) is 1. The molecule has 0 aliphatic carbocycles. The van der Waals surface area contributed by atoms with E-state index in [0.717, 1.165) is 30.3 Å². The summed E-state index contributed by atoms with van der Waals surface area (Å²) in [5.41, 5.74) is 2.23. The van der Waals surface area contributed by atoms with E-state index < -0.39 is 71.5 Å². The molecule has 0 aliphatic heterocycles. The van der Waals surface area contributed by atoms with Crippen LogP contribution in [0.1, 0.15) is 11.1 Å². The molecule has 0 saturated carbocycles. The molecule has 0 unspecified atom stereocenters. The molecule has 0 bridgehead atoms. The fourth-order valence-electron chi connectivity index (χ4n) is 5.43. The van der Waals surface area contributed by atoms with Gasteiger partial charge in [-0.05, 0) is 115 Å². The third-order valence-electron chi connectivity index (χ3n) is 8.18. The van der Waals surface area contributed by atoms with Crippen LogP contribution in [0.15, 0.2) is 141 Å². The summed E-state index contributed by atoms with van der Waals surface area (Å²) in [6.45, 7) is 3.39. The van der Waals surface area contributed by atoms with Crippen LogP contribution in [-0.4, -0.2) is 57.0 Å². The summed E-state index contributed by atoms with van der Waals surface area (Å²) in [7, 11) is -20.4. The summed E-state index contributed by atoms with van der Waals surface area (Å²) in [4.78, 5) is -3.57. The quantitative estimate of drug-likeness (QED) is 0.0767. The SMILES string of the molecule is Cc1cc(N=Nc2ccc(N=Nc3c(O)c(S(=O)(=O)[O-])cc4cc(S(=O)(=O)[O-])ccc34)cc2C)ccc1N=Nc1ccc2cc(S(=O)(=O)[O-])cc(S(=O)(=O)[O-])c2c1.[Na+].[Na+].[Na+].[Na+]. The Labute approximate surface area is 437 Å². The first kappa shape index (κ1) is 55.2. The second kappa shape index (κ2) is 21.4. The predicted molar refractivity (Wildman–Crippen MR) is 196 cm³/mol. The Morgan fingerprint density at radius 2 is 0.885 bits per heavy atom. The Hall–Kier alpha value is -1.92. The molecule has 0 aliphatic rings. The maximum atomic E-state index is 11.9. The predicted octanol–water partition coefficient (Wildman–Crippen LogP) is -4.81. The number of nitrogens with zero attached hydrogens (tertiary/aromatic N) is 6. The van der Waals surface area contributed by atoms with Crippen molar-refractivity contribution in [3.63, 3.8) is 0 Å². The topological polar surface area (TPSA) is 323 Å². The van der Waals surface area contributed by atoms with Gasteiger partial charge in [0.25, 0.3) is 0 Å². The molecule has 294 valence electrons. The first-order valence-corrected chi connectivity index (χ1v) is 21.3. The van der Waals surface area contributed by atoms with Crippen molar-refractivity contribution in [2.45, 2.75) is 33.4 Å². The van der Waals surface area contributed by atoms with E-state index in [0.29, 0.717) is 34.3 Å². The van der Waals surface area contributed by atoms with E-state index >= 15 is 0 Å². The normalized spacial score (nSPS) is 12.3. The molecule has 0 aromatic heterocycles. The second-order valence-corrected chi connectivity index (χ2v) is 17.6. The van der Waals surface area contributed by atoms with Crippen LogP contribution in [0.3, 0.4) is 0 Å². The number of phenols is 1. The van der Waals surface area contributed by atoms with Crippen molar-refractivity contribution in [2.75, 3.05) is 0 Å². The zero-order valence-electron chi connectivity index (χ0n) is 32.8. The summed E-state index contributed by atoms with van der Waals surface area (Å²) in [6.07, 6.45) is 0. The van der Waals surface area contributed by atoms with E-state index in [1.54, 1.807) is 32.0 Å². The van der Waals surface area contributed by atoms with Gasteiger partial charge < -0.3 is 23.3 Å². The molecular weight excluding hydrogens is 921 g/mol. The maximum Gasteiger partial charge on any atom is 1.00 e. The van der Waals surface area contributed by atoms with Crippen LogP contribution in [0.5, 0.6) is 5.75 Å². The largest absolute Gasteiger partial charge is 1.00 e. The van der Waals surface area contributed by atoms with Gasteiger partial charge in [0.15, 0.2) is 5.75 Å². The molecule has 0 heterocycles. The fourth-order valence-corrected chi connectivity index (χ4v) is 7.87. The minimum Gasteiger partial charge on any atom is -0.744 e. The van der Waals surface area contributed by atoms with E-state index in [9.17, 15) is 57.0 Å². The van der Waals surface area contributed by atoms with Crippen LogP contribution in [0.4, 0.5) is 34.1 Å². The molecule has 0 fully saturated rings. The molecule has 0 saturated heterocycles. The van der Waals surface area contributed by atoms with Gasteiger partial charge in [0.2, 0.25) is 0 Å². The second-order valence-electron chi connectivity index (χ2n) is 12.1. The molecule has 6 aromatic rings. The van der Waals surface area contributed by atoms with Crippen molar-refractivity contribution in [3.8, 4) is 5.75 Å². The van der Waals surface area contributed by atoms with Gasteiger partial charge in [-0.3, -0.25) is 0 Å². The minimum absolute atomic E-state index is 0. The minimum atomic E-state index is -5.27.